The van der Waals surface area contributed by atoms with E-state index in [2.05, 4.69) is 27.5 Å². The van der Waals surface area contributed by atoms with Crippen LogP contribution in [0.1, 0.15) is 50.2 Å². The summed E-state index contributed by atoms with van der Waals surface area (Å²) in [6.07, 6.45) is 0.540. The van der Waals surface area contributed by atoms with Gasteiger partial charge in [0.1, 0.15) is 5.60 Å². The van der Waals surface area contributed by atoms with Crippen LogP contribution in [-0.4, -0.2) is 60.3 Å². The van der Waals surface area contributed by atoms with Crippen molar-refractivity contribution in [2.24, 2.45) is 4.99 Å². The average molecular weight is 526 g/mol. The maximum atomic E-state index is 12.2. The number of hydrogen-bond donors (Lipinski definition) is 2. The molecule has 0 saturated heterocycles. The molecule has 28 heavy (non-hydrogen) atoms. The van der Waals surface area contributed by atoms with E-state index in [-0.39, 0.29) is 30.1 Å². The highest BCUT2D eigenvalue weighted by Crippen LogP contribution is 2.16. The number of nitrogens with one attached hydrogen (secondary N) is 2. The first-order valence-corrected chi connectivity index (χ1v) is 10.4. The van der Waals surface area contributed by atoms with Crippen LogP contribution < -0.4 is 10.6 Å². The number of aryl methyl sites for hydroxylation is 2. The molecule has 0 unspecified atom stereocenters. The lowest BCUT2D eigenvalue weighted by atomic mass is 10.2. The zero-order valence-corrected chi connectivity index (χ0v) is 21.4. The van der Waals surface area contributed by atoms with E-state index in [0.717, 1.165) is 29.6 Å². The predicted octanol–water partition coefficient (Wildman–Crippen LogP) is 3.73. The lowest BCUT2D eigenvalue weighted by molar-refractivity contribution is 0.0264. The Morgan fingerprint density at radius 3 is 2.43 bits per heavy atom. The van der Waals surface area contributed by atoms with Gasteiger partial charge in [0, 0.05) is 44.0 Å². The Bertz CT molecular complexity index is 609. The molecule has 0 aromatic carbocycles. The van der Waals surface area contributed by atoms with Gasteiger partial charge in [0.25, 0.3) is 0 Å². The summed E-state index contributed by atoms with van der Waals surface area (Å²) in [4.78, 5) is 24.3. The molecule has 0 atom stereocenters. The predicted molar refractivity (Wildman–Crippen MR) is 128 cm³/mol. The van der Waals surface area contributed by atoms with Gasteiger partial charge in [0.15, 0.2) is 5.96 Å². The van der Waals surface area contributed by atoms with Crippen molar-refractivity contribution in [3.8, 4) is 0 Å². The van der Waals surface area contributed by atoms with Crippen molar-refractivity contribution in [2.45, 2.75) is 60.5 Å². The van der Waals surface area contributed by atoms with Crippen molar-refractivity contribution in [2.75, 3.05) is 32.7 Å². The smallest absolute Gasteiger partial charge is 0.410 e. The second-order valence-electron chi connectivity index (χ2n) is 7.25. The fraction of sp³-hybridized carbons (Fsp3) is 0.737. The van der Waals surface area contributed by atoms with Gasteiger partial charge in [-0.3, -0.25) is 4.99 Å². The van der Waals surface area contributed by atoms with Gasteiger partial charge >= 0.3 is 6.09 Å². The average Bonchev–Trinajstić information content (AvgIpc) is 2.87. The summed E-state index contributed by atoms with van der Waals surface area (Å²) in [5.74, 6) is 0.753. The summed E-state index contributed by atoms with van der Waals surface area (Å²) in [6.45, 7) is 16.9. The standard InChI is InChI=1S/C19H35N5O2S.HI/c1-8-20-17(21-11-10-16-23-14(3)15(4)27-16)22-12-13-24(9-2)18(25)26-19(5,6)7;/h8-13H2,1-7H3,(H2,20,21,22);1H. The van der Waals surface area contributed by atoms with E-state index in [4.69, 9.17) is 4.74 Å². The van der Waals surface area contributed by atoms with Crippen LogP contribution in [0.5, 0.6) is 0 Å². The summed E-state index contributed by atoms with van der Waals surface area (Å²) in [5, 5.41) is 7.63. The second-order valence-corrected chi connectivity index (χ2v) is 8.53. The molecule has 0 aliphatic rings. The number of carbonyl (C=O) groups is 1. The summed E-state index contributed by atoms with van der Waals surface area (Å²) >= 11 is 1.73. The molecular weight excluding hydrogens is 489 g/mol. The number of nitrogens with zero attached hydrogens (tertiary/aromatic N) is 3. The van der Waals surface area contributed by atoms with Gasteiger partial charge in [-0.25, -0.2) is 9.78 Å². The van der Waals surface area contributed by atoms with Gasteiger partial charge in [0.2, 0.25) is 0 Å². The van der Waals surface area contributed by atoms with Crippen molar-refractivity contribution < 1.29 is 9.53 Å². The number of aromatic nitrogens is 1. The number of guanidine groups is 1. The van der Waals surface area contributed by atoms with Crippen LogP contribution in [0.4, 0.5) is 4.79 Å². The molecule has 1 amide bonds. The topological polar surface area (TPSA) is 78.9 Å². The second kappa shape index (κ2) is 13.2. The third-order valence-corrected chi connectivity index (χ3v) is 4.85. The minimum Gasteiger partial charge on any atom is -0.444 e. The van der Waals surface area contributed by atoms with Gasteiger partial charge in [-0.15, -0.1) is 35.3 Å². The molecule has 7 nitrogen and oxygen atoms in total. The van der Waals surface area contributed by atoms with E-state index in [1.165, 1.54) is 4.88 Å². The van der Waals surface area contributed by atoms with Gasteiger partial charge in [-0.2, -0.15) is 0 Å². The third-order valence-electron chi connectivity index (χ3n) is 3.72. The van der Waals surface area contributed by atoms with Gasteiger partial charge < -0.3 is 20.3 Å². The molecule has 1 heterocycles. The number of thiazole rings is 1. The molecule has 1 aromatic rings. The Labute approximate surface area is 190 Å². The van der Waals surface area contributed by atoms with E-state index >= 15 is 0 Å². The van der Waals surface area contributed by atoms with Crippen molar-refractivity contribution in [3.63, 3.8) is 0 Å². The minimum absolute atomic E-state index is 0. The van der Waals surface area contributed by atoms with E-state index in [1.54, 1.807) is 16.2 Å². The molecule has 0 radical (unpaired) electrons. The Balaban J connectivity index is 0.00000729. The maximum absolute atomic E-state index is 12.2. The van der Waals surface area contributed by atoms with Crippen LogP contribution in [0.2, 0.25) is 0 Å². The van der Waals surface area contributed by atoms with Crippen LogP contribution in [0, 0.1) is 13.8 Å². The molecule has 9 heteroatoms. The maximum Gasteiger partial charge on any atom is 0.410 e. The van der Waals surface area contributed by atoms with E-state index in [9.17, 15) is 4.79 Å². The zero-order chi connectivity index (χ0) is 20.4. The number of carbonyl (C=O) groups excluding carboxylic acids is 1. The highest BCUT2D eigenvalue weighted by atomic mass is 127. The fourth-order valence-electron chi connectivity index (χ4n) is 2.27. The number of likely N-dealkylation sites (N-methyl/N-ethyl adjacent to an activating group) is 1. The van der Waals surface area contributed by atoms with Crippen molar-refractivity contribution in [1.29, 1.82) is 0 Å². The molecule has 0 spiro atoms. The Kier molecular flexibility index (Phi) is 12.7. The summed E-state index contributed by atoms with van der Waals surface area (Å²) in [7, 11) is 0. The molecule has 1 aromatic heterocycles. The normalized spacial score (nSPS) is 11.6. The first kappa shape index (κ1) is 26.9. The van der Waals surface area contributed by atoms with E-state index in [1.807, 2.05) is 41.5 Å². The monoisotopic (exact) mass is 525 g/mol. The molecular formula is C19H36IN5O2S. The quantitative estimate of drug-likeness (QED) is 0.307. The highest BCUT2D eigenvalue weighted by Gasteiger charge is 2.20. The Morgan fingerprint density at radius 1 is 1.25 bits per heavy atom. The van der Waals surface area contributed by atoms with Crippen LogP contribution in [0.3, 0.4) is 0 Å². The highest BCUT2D eigenvalue weighted by molar-refractivity contribution is 14.0. The first-order chi connectivity index (χ1) is 12.7. The lowest BCUT2D eigenvalue weighted by Gasteiger charge is -2.26. The summed E-state index contributed by atoms with van der Waals surface area (Å²) < 4.78 is 5.43. The van der Waals surface area contributed by atoms with Gasteiger partial charge in [-0.1, -0.05) is 0 Å². The number of halogens is 1. The van der Waals surface area contributed by atoms with Crippen molar-refractivity contribution >= 4 is 47.4 Å². The van der Waals surface area contributed by atoms with E-state index in [0.29, 0.717) is 26.2 Å². The van der Waals surface area contributed by atoms with Crippen LogP contribution >= 0.6 is 35.3 Å². The van der Waals surface area contributed by atoms with Crippen molar-refractivity contribution in [3.05, 3.63) is 15.6 Å². The molecule has 0 saturated carbocycles. The Morgan fingerprint density at radius 2 is 1.93 bits per heavy atom. The first-order valence-electron chi connectivity index (χ1n) is 9.59. The van der Waals surface area contributed by atoms with E-state index < -0.39 is 5.60 Å². The lowest BCUT2D eigenvalue weighted by Crippen LogP contribution is -2.44. The molecule has 0 aliphatic heterocycles. The SMILES string of the molecule is CCNC(=NCCc1nc(C)c(C)s1)NCCN(CC)C(=O)OC(C)(C)C.I. The molecule has 0 aliphatic carbocycles. The minimum atomic E-state index is -0.485. The number of hydrogen-bond acceptors (Lipinski definition) is 5. The number of rotatable bonds is 8. The number of ether oxygens (including phenoxy) is 1. The fourth-order valence-corrected chi connectivity index (χ4v) is 3.19. The van der Waals surface area contributed by atoms with Crippen LogP contribution in [-0.2, 0) is 11.2 Å². The van der Waals surface area contributed by atoms with Crippen LogP contribution in [0.15, 0.2) is 4.99 Å². The van der Waals surface area contributed by atoms with Crippen LogP contribution in [0.25, 0.3) is 0 Å². The van der Waals surface area contributed by atoms with Gasteiger partial charge in [0.05, 0.1) is 10.7 Å². The molecule has 1 rings (SSSR count). The van der Waals surface area contributed by atoms with Gasteiger partial charge in [-0.05, 0) is 48.5 Å². The number of amides is 1. The summed E-state index contributed by atoms with van der Waals surface area (Å²) in [6, 6.07) is 0. The molecule has 2 N–H and O–H groups in total. The molecule has 162 valence electrons. The Hall–Kier alpha value is -1.10. The summed E-state index contributed by atoms with van der Waals surface area (Å²) in [5.41, 5.74) is 0.617. The molecule has 0 bridgehead atoms. The largest absolute Gasteiger partial charge is 0.444 e. The number of aliphatic imine (C=N–C) groups is 1. The molecule has 0 fully saturated rings. The third kappa shape index (κ3) is 10.4. The zero-order valence-electron chi connectivity index (χ0n) is 18.2. The van der Waals surface area contributed by atoms with Crippen molar-refractivity contribution in [1.82, 2.24) is 20.5 Å².